The summed E-state index contributed by atoms with van der Waals surface area (Å²) in [5.74, 6) is -0.654. The van der Waals surface area contributed by atoms with Gasteiger partial charge in [-0.25, -0.2) is 4.79 Å². The first-order chi connectivity index (χ1) is 23.9. The van der Waals surface area contributed by atoms with E-state index in [1.54, 1.807) is 31.3 Å². The molecule has 274 valence electrons. The van der Waals surface area contributed by atoms with Crippen LogP contribution in [0.1, 0.15) is 26.0 Å². The van der Waals surface area contributed by atoms with Gasteiger partial charge in [-0.05, 0) is 43.8 Å². The highest BCUT2D eigenvalue weighted by atomic mass is 16.7. The molecule has 2 fully saturated rings. The van der Waals surface area contributed by atoms with Crippen molar-refractivity contribution in [1.82, 2.24) is 19.4 Å². The number of rotatable bonds is 12. The van der Waals surface area contributed by atoms with Crippen LogP contribution >= 0.6 is 0 Å². The van der Waals surface area contributed by atoms with Crippen molar-refractivity contribution in [3.8, 4) is 5.75 Å². The van der Waals surface area contributed by atoms with Crippen LogP contribution in [0.2, 0.25) is 0 Å². The Morgan fingerprint density at radius 2 is 1.76 bits per heavy atom. The molecule has 0 spiro atoms. The summed E-state index contributed by atoms with van der Waals surface area (Å²) in [6, 6.07) is 6.43. The number of unbranched alkanes of at least 4 members (excludes halogenated alkanes) is 1. The normalized spacial score (nSPS) is 31.0. The van der Waals surface area contributed by atoms with E-state index in [0.29, 0.717) is 18.0 Å². The van der Waals surface area contributed by atoms with Crippen LogP contribution in [0.25, 0.3) is 0 Å². The number of amides is 2. The Kier molecular flexibility index (Phi) is 11.9. The molecule has 18 heteroatoms. The summed E-state index contributed by atoms with van der Waals surface area (Å²) in [5.41, 5.74) is 4.49. The number of hydrogen-bond donors (Lipinski definition) is 7. The number of carbonyl (C=O) groups is 2. The highest BCUT2D eigenvalue weighted by molar-refractivity contribution is 6.06. The van der Waals surface area contributed by atoms with Crippen molar-refractivity contribution in [1.29, 1.82) is 0 Å². The number of likely N-dealkylation sites (N-methyl/N-ethyl adjacent to an activating group) is 2. The summed E-state index contributed by atoms with van der Waals surface area (Å²) in [5, 5.41) is 46.3. The molecule has 3 aliphatic rings. The van der Waals surface area contributed by atoms with E-state index in [2.05, 4.69) is 12.2 Å². The number of nitrogens with one attached hydrogen (secondary N) is 2. The van der Waals surface area contributed by atoms with E-state index in [0.717, 1.165) is 34.6 Å². The molecule has 2 saturated heterocycles. The van der Waals surface area contributed by atoms with Crippen LogP contribution < -0.4 is 27.0 Å². The zero-order chi connectivity index (χ0) is 36.3. The first-order valence-electron chi connectivity index (χ1n) is 16.3. The van der Waals surface area contributed by atoms with Crippen molar-refractivity contribution >= 4 is 17.5 Å². The van der Waals surface area contributed by atoms with Gasteiger partial charge >= 0.3 is 5.69 Å². The Labute approximate surface area is 286 Å². The molecule has 2 aromatic rings. The Balaban J connectivity index is 1.41. The highest BCUT2D eigenvalue weighted by Gasteiger charge is 2.55. The monoisotopic (exact) mass is 704 g/mol. The quantitative estimate of drug-likeness (QED) is 0.112. The summed E-state index contributed by atoms with van der Waals surface area (Å²) < 4.78 is 24.3. The first kappa shape index (κ1) is 37.3. The molecule has 18 nitrogen and oxygen atoms in total. The SMILES string of the molecule is CCCCOc1ccc(NC(=O)C2=CCN(C)[C@@H]([C@H](O[C@@H]3O[C@H](CN)[C@@H](O)[C@H]3O)[C@H]3O[C@@H](n4ccc(=O)[nH]c4=O)[C@H](O)[C@@H]3O)C(=O)N2C)cc1. The topological polar surface area (TPSA) is 251 Å². The van der Waals surface area contributed by atoms with Crippen molar-refractivity contribution in [2.24, 2.45) is 5.73 Å². The molecule has 8 N–H and O–H groups in total. The van der Waals surface area contributed by atoms with E-state index in [1.807, 2.05) is 4.98 Å². The van der Waals surface area contributed by atoms with Crippen molar-refractivity contribution in [2.45, 2.75) is 81.1 Å². The number of anilines is 1. The minimum absolute atomic E-state index is 0.00384. The second kappa shape index (κ2) is 15.9. The number of aromatic amines is 1. The van der Waals surface area contributed by atoms with Crippen LogP contribution in [-0.2, 0) is 23.8 Å². The minimum Gasteiger partial charge on any atom is -0.494 e. The van der Waals surface area contributed by atoms with Crippen LogP contribution in [-0.4, -0.2) is 140 Å². The van der Waals surface area contributed by atoms with Crippen LogP contribution in [0.15, 0.2) is 57.9 Å². The Bertz CT molecular complexity index is 1650. The molecule has 5 rings (SSSR count). The summed E-state index contributed by atoms with van der Waals surface area (Å²) in [6.07, 6.45) is -9.36. The van der Waals surface area contributed by atoms with E-state index in [9.17, 15) is 39.6 Å². The van der Waals surface area contributed by atoms with E-state index < -0.39 is 84.4 Å². The zero-order valence-corrected chi connectivity index (χ0v) is 27.8. The van der Waals surface area contributed by atoms with Gasteiger partial charge in [-0.2, -0.15) is 0 Å². The average molecular weight is 705 g/mol. The number of aliphatic hydroxyl groups is 4. The lowest BCUT2D eigenvalue weighted by molar-refractivity contribution is -0.232. The van der Waals surface area contributed by atoms with Crippen LogP contribution in [0.3, 0.4) is 0 Å². The lowest BCUT2D eigenvalue weighted by atomic mass is 9.97. The molecule has 4 heterocycles. The molecule has 2 amide bonds. The molecular weight excluding hydrogens is 660 g/mol. The smallest absolute Gasteiger partial charge is 0.330 e. The number of H-pyrrole nitrogens is 1. The Morgan fingerprint density at radius 1 is 1.04 bits per heavy atom. The van der Waals surface area contributed by atoms with Gasteiger partial charge in [0.05, 0.1) is 6.61 Å². The third-order valence-corrected chi connectivity index (χ3v) is 8.98. The van der Waals surface area contributed by atoms with Gasteiger partial charge in [0.15, 0.2) is 12.5 Å². The van der Waals surface area contributed by atoms with Gasteiger partial charge in [-0.1, -0.05) is 13.3 Å². The Hall–Kier alpha value is -3.98. The molecule has 0 saturated carbocycles. The molecule has 10 atom stereocenters. The summed E-state index contributed by atoms with van der Waals surface area (Å²) in [6.45, 7) is 2.45. The van der Waals surface area contributed by atoms with Crippen molar-refractivity contribution < 1.29 is 49.0 Å². The predicted molar refractivity (Wildman–Crippen MR) is 175 cm³/mol. The third-order valence-electron chi connectivity index (χ3n) is 8.98. The lowest BCUT2D eigenvalue weighted by Crippen LogP contribution is -2.59. The molecule has 0 aliphatic carbocycles. The fourth-order valence-electron chi connectivity index (χ4n) is 6.11. The van der Waals surface area contributed by atoms with E-state index in [4.69, 9.17) is 24.7 Å². The minimum atomic E-state index is -1.78. The zero-order valence-electron chi connectivity index (χ0n) is 27.8. The van der Waals surface area contributed by atoms with E-state index in [-0.39, 0.29) is 18.8 Å². The van der Waals surface area contributed by atoms with Crippen molar-refractivity contribution in [3.05, 3.63) is 69.1 Å². The van der Waals surface area contributed by atoms with Crippen LogP contribution in [0.5, 0.6) is 5.75 Å². The molecule has 0 unspecified atom stereocenters. The predicted octanol–water partition coefficient (Wildman–Crippen LogP) is -2.58. The number of carbonyl (C=O) groups excluding carboxylic acids is 2. The molecule has 0 bridgehead atoms. The molecule has 3 aliphatic heterocycles. The fourth-order valence-corrected chi connectivity index (χ4v) is 6.11. The standard InChI is InChI=1S/C32H44N6O12/c1-4-5-14-47-17-8-6-16(7-9-17)34-28(44)18-10-12-36(2)21(29(45)37(18)3)26(50-31-25(43)22(40)19(15-33)48-31)27-23(41)24(42)30(49-27)38-13-11-20(39)35-32(38)46/h6-11,13,19,21-27,30-31,40-43H,4-5,12,14-15,33H2,1-3H3,(H,34,44)(H,35,39,46)/t19-,21+,22-,23+,24-,25-,26+,27+,30-,31+/m1/s1. The highest BCUT2D eigenvalue weighted by Crippen LogP contribution is 2.36. The van der Waals surface area contributed by atoms with Gasteiger partial charge in [0.2, 0.25) is 5.91 Å². The van der Waals surface area contributed by atoms with Crippen LogP contribution in [0, 0.1) is 0 Å². The van der Waals surface area contributed by atoms with Gasteiger partial charge in [0.25, 0.3) is 11.5 Å². The van der Waals surface area contributed by atoms with Gasteiger partial charge in [0, 0.05) is 38.1 Å². The number of nitrogens with zero attached hydrogens (tertiary/aromatic N) is 3. The average Bonchev–Trinajstić information content (AvgIpc) is 3.49. The number of benzene rings is 1. The van der Waals surface area contributed by atoms with Gasteiger partial charge in [0.1, 0.15) is 60.2 Å². The Morgan fingerprint density at radius 3 is 2.40 bits per heavy atom. The van der Waals surface area contributed by atoms with Gasteiger partial charge in [-0.3, -0.25) is 28.8 Å². The molecule has 1 aromatic heterocycles. The van der Waals surface area contributed by atoms with Gasteiger partial charge in [-0.15, -0.1) is 0 Å². The summed E-state index contributed by atoms with van der Waals surface area (Å²) in [4.78, 5) is 56.6. The number of nitrogens with two attached hydrogens (primary N) is 1. The summed E-state index contributed by atoms with van der Waals surface area (Å²) in [7, 11) is 2.92. The number of aliphatic hydroxyl groups excluding tert-OH is 4. The van der Waals surface area contributed by atoms with Crippen LogP contribution in [0.4, 0.5) is 5.69 Å². The maximum atomic E-state index is 14.3. The van der Waals surface area contributed by atoms with Crippen molar-refractivity contribution in [2.75, 3.05) is 39.1 Å². The second-order valence-electron chi connectivity index (χ2n) is 12.4. The van der Waals surface area contributed by atoms with Crippen molar-refractivity contribution in [3.63, 3.8) is 0 Å². The second-order valence-corrected chi connectivity index (χ2v) is 12.4. The largest absolute Gasteiger partial charge is 0.494 e. The lowest BCUT2D eigenvalue weighted by Gasteiger charge is -2.38. The number of ether oxygens (including phenoxy) is 4. The fraction of sp³-hybridized carbons (Fsp3) is 0.562. The van der Waals surface area contributed by atoms with Gasteiger partial charge < -0.3 is 55.3 Å². The number of aromatic nitrogens is 2. The summed E-state index contributed by atoms with van der Waals surface area (Å²) >= 11 is 0. The maximum absolute atomic E-state index is 14.3. The molecule has 50 heavy (non-hydrogen) atoms. The molecule has 1 aromatic carbocycles. The van der Waals surface area contributed by atoms with E-state index >= 15 is 0 Å². The maximum Gasteiger partial charge on any atom is 0.330 e. The van der Waals surface area contributed by atoms with E-state index in [1.165, 1.54) is 18.0 Å². The third kappa shape index (κ3) is 7.68. The molecule has 0 radical (unpaired) electrons. The first-order valence-corrected chi connectivity index (χ1v) is 16.3. The molecular formula is C32H44N6O12. The number of hydrogen-bond acceptors (Lipinski definition) is 14.